The summed E-state index contributed by atoms with van der Waals surface area (Å²) in [5.41, 5.74) is 0.579. The Kier molecular flexibility index (Phi) is 3.46. The van der Waals surface area contributed by atoms with Gasteiger partial charge < -0.3 is 9.73 Å². The van der Waals surface area contributed by atoms with Gasteiger partial charge in [-0.15, -0.1) is 0 Å². The molecule has 2 aromatic heterocycles. The molecule has 0 fully saturated rings. The summed E-state index contributed by atoms with van der Waals surface area (Å²) in [5.74, 6) is 0.383. The van der Waals surface area contributed by atoms with Crippen molar-refractivity contribution in [3.8, 4) is 16.9 Å². The number of aromatic nitrogens is 1. The number of thioether (sulfide) groups is 1. The second kappa shape index (κ2) is 5.03. The van der Waals surface area contributed by atoms with E-state index in [2.05, 4.69) is 10.3 Å². The van der Waals surface area contributed by atoms with Crippen LogP contribution in [0.2, 0.25) is 0 Å². The van der Waals surface area contributed by atoms with E-state index < -0.39 is 0 Å². The number of furan rings is 1. The number of carbonyl (C=O) groups excluding carboxylic acids is 1. The molecule has 2 heterocycles. The van der Waals surface area contributed by atoms with Crippen molar-refractivity contribution in [3.05, 3.63) is 18.4 Å². The molecule has 0 unspecified atom stereocenters. The van der Waals surface area contributed by atoms with Crippen LogP contribution in [0, 0.1) is 10.7 Å². The van der Waals surface area contributed by atoms with Crippen LogP contribution >= 0.6 is 23.1 Å². The summed E-state index contributed by atoms with van der Waals surface area (Å²) >= 11 is 2.25. The molecule has 0 saturated heterocycles. The first kappa shape index (κ1) is 11.7. The normalized spacial score (nSPS) is 9.88. The summed E-state index contributed by atoms with van der Waals surface area (Å²) in [5, 5.41) is 13.7. The molecule has 0 atom stereocenters. The molecule has 0 aromatic carbocycles. The Balaban J connectivity index is 2.39. The van der Waals surface area contributed by atoms with Gasteiger partial charge in [0.05, 0.1) is 6.26 Å². The number of nitrogens with zero attached hydrogens (tertiary/aromatic N) is 2. The molecule has 7 heteroatoms. The predicted molar refractivity (Wildman–Crippen MR) is 65.6 cm³/mol. The van der Waals surface area contributed by atoms with Gasteiger partial charge in [-0.2, -0.15) is 5.26 Å². The number of hydrogen-bond acceptors (Lipinski definition) is 6. The Morgan fingerprint density at radius 3 is 3.12 bits per heavy atom. The Morgan fingerprint density at radius 2 is 2.53 bits per heavy atom. The zero-order chi connectivity index (χ0) is 12.3. The monoisotopic (exact) mass is 265 g/mol. The summed E-state index contributed by atoms with van der Waals surface area (Å²) < 4.78 is 5.93. The van der Waals surface area contributed by atoms with Crippen molar-refractivity contribution >= 4 is 34.1 Å². The average Bonchev–Trinajstić information content (AvgIpc) is 2.86. The predicted octanol–water partition coefficient (Wildman–Crippen LogP) is 2.93. The Hall–Kier alpha value is -1.78. The maximum atomic E-state index is 10.9. The lowest BCUT2D eigenvalue weighted by Gasteiger charge is -1.92. The highest BCUT2D eigenvalue weighted by molar-refractivity contribution is 8.05. The maximum absolute atomic E-state index is 10.9. The summed E-state index contributed by atoms with van der Waals surface area (Å²) in [7, 11) is 0. The van der Waals surface area contributed by atoms with Gasteiger partial charge in [-0.3, -0.25) is 4.79 Å². The van der Waals surface area contributed by atoms with E-state index in [0.717, 1.165) is 11.8 Å². The van der Waals surface area contributed by atoms with E-state index in [0.29, 0.717) is 20.8 Å². The molecule has 17 heavy (non-hydrogen) atoms. The molecule has 2 rings (SSSR count). The lowest BCUT2D eigenvalue weighted by atomic mass is 10.4. The van der Waals surface area contributed by atoms with Crippen molar-refractivity contribution in [2.45, 2.75) is 11.1 Å². The lowest BCUT2D eigenvalue weighted by molar-refractivity contribution is -0.114. The minimum Gasteiger partial charge on any atom is -0.463 e. The quantitative estimate of drug-likeness (QED) is 0.681. The van der Waals surface area contributed by atoms with E-state index in [1.807, 2.05) is 5.40 Å². The fourth-order valence-corrected chi connectivity index (χ4v) is 2.78. The van der Waals surface area contributed by atoms with Crippen molar-refractivity contribution in [2.75, 3.05) is 5.32 Å². The lowest BCUT2D eigenvalue weighted by Crippen LogP contribution is -2.04. The van der Waals surface area contributed by atoms with Gasteiger partial charge in [0.25, 0.3) is 0 Å². The molecule has 1 amide bonds. The van der Waals surface area contributed by atoms with E-state index >= 15 is 0 Å². The molecule has 0 aliphatic heterocycles. The van der Waals surface area contributed by atoms with Gasteiger partial charge >= 0.3 is 0 Å². The number of carbonyl (C=O) groups is 1. The zero-order valence-electron chi connectivity index (χ0n) is 8.76. The standard InChI is InChI=1S/C10H7N3O2S2/c1-6(14)12-10-13-8(7-3-2-4-15-7)9(17-10)16-5-11/h2-4H,1H3,(H,12,13,14). The second-order valence-corrected chi connectivity index (χ2v) is 5.06. The average molecular weight is 265 g/mol. The number of rotatable bonds is 3. The highest BCUT2D eigenvalue weighted by atomic mass is 32.2. The Morgan fingerprint density at radius 1 is 1.71 bits per heavy atom. The molecule has 86 valence electrons. The van der Waals surface area contributed by atoms with Crippen LogP contribution in [-0.4, -0.2) is 10.9 Å². The third kappa shape index (κ3) is 2.67. The van der Waals surface area contributed by atoms with Crippen LogP contribution in [-0.2, 0) is 4.79 Å². The maximum Gasteiger partial charge on any atom is 0.223 e. The minimum absolute atomic E-state index is 0.196. The third-order valence-electron chi connectivity index (χ3n) is 1.77. The Bertz CT molecular complexity index is 569. The Labute approximate surface area is 105 Å². The molecule has 1 N–H and O–H groups in total. The van der Waals surface area contributed by atoms with Crippen molar-refractivity contribution in [3.63, 3.8) is 0 Å². The van der Waals surface area contributed by atoms with Gasteiger partial charge in [0.2, 0.25) is 5.91 Å². The van der Waals surface area contributed by atoms with E-state index in [1.165, 1.54) is 24.5 Å². The molecule has 0 aliphatic carbocycles. The fraction of sp³-hybridized carbons (Fsp3) is 0.100. The highest BCUT2D eigenvalue weighted by Gasteiger charge is 2.16. The van der Waals surface area contributed by atoms with Gasteiger partial charge in [-0.05, 0) is 12.1 Å². The number of nitrogens with one attached hydrogen (secondary N) is 1. The van der Waals surface area contributed by atoms with E-state index in [9.17, 15) is 4.79 Å². The SMILES string of the molecule is CC(=O)Nc1nc(-c2ccco2)c(SC#N)s1. The highest BCUT2D eigenvalue weighted by Crippen LogP contribution is 2.38. The topological polar surface area (TPSA) is 78.9 Å². The molecule has 0 aliphatic rings. The van der Waals surface area contributed by atoms with Gasteiger partial charge in [-0.1, -0.05) is 11.3 Å². The van der Waals surface area contributed by atoms with E-state index in [1.54, 1.807) is 12.1 Å². The zero-order valence-corrected chi connectivity index (χ0v) is 10.4. The molecular formula is C10H7N3O2S2. The summed E-state index contributed by atoms with van der Waals surface area (Å²) in [6.07, 6.45) is 1.54. The first-order valence-electron chi connectivity index (χ1n) is 4.59. The summed E-state index contributed by atoms with van der Waals surface area (Å²) in [4.78, 5) is 15.2. The molecule has 5 nitrogen and oxygen atoms in total. The molecular weight excluding hydrogens is 258 g/mol. The number of hydrogen-bond donors (Lipinski definition) is 1. The number of anilines is 1. The third-order valence-corrected chi connectivity index (χ3v) is 3.51. The van der Waals surface area contributed by atoms with Gasteiger partial charge in [0.15, 0.2) is 10.9 Å². The van der Waals surface area contributed by atoms with Gasteiger partial charge in [0.1, 0.15) is 15.3 Å². The minimum atomic E-state index is -0.196. The number of amides is 1. The summed E-state index contributed by atoms with van der Waals surface area (Å²) in [6, 6.07) is 3.50. The summed E-state index contributed by atoms with van der Waals surface area (Å²) in [6.45, 7) is 1.41. The van der Waals surface area contributed by atoms with Crippen LogP contribution in [0.3, 0.4) is 0 Å². The van der Waals surface area contributed by atoms with Crippen LogP contribution in [0.15, 0.2) is 27.0 Å². The van der Waals surface area contributed by atoms with Crippen molar-refractivity contribution in [1.29, 1.82) is 5.26 Å². The first-order valence-corrected chi connectivity index (χ1v) is 6.22. The second-order valence-electron chi connectivity index (χ2n) is 3.01. The molecule has 0 radical (unpaired) electrons. The van der Waals surface area contributed by atoms with Crippen molar-refractivity contribution in [2.24, 2.45) is 0 Å². The van der Waals surface area contributed by atoms with Crippen molar-refractivity contribution < 1.29 is 9.21 Å². The van der Waals surface area contributed by atoms with Crippen LogP contribution < -0.4 is 5.32 Å². The van der Waals surface area contributed by atoms with Crippen LogP contribution in [0.25, 0.3) is 11.5 Å². The van der Waals surface area contributed by atoms with Crippen molar-refractivity contribution in [1.82, 2.24) is 4.98 Å². The first-order chi connectivity index (χ1) is 8.20. The van der Waals surface area contributed by atoms with Gasteiger partial charge in [-0.25, -0.2) is 4.98 Å². The van der Waals surface area contributed by atoms with Crippen LogP contribution in [0.4, 0.5) is 5.13 Å². The molecule has 2 aromatic rings. The number of nitriles is 1. The largest absolute Gasteiger partial charge is 0.463 e. The fourth-order valence-electron chi connectivity index (χ4n) is 1.19. The van der Waals surface area contributed by atoms with E-state index in [4.69, 9.17) is 9.68 Å². The molecule has 0 saturated carbocycles. The van der Waals surface area contributed by atoms with Crippen LogP contribution in [0.1, 0.15) is 6.92 Å². The molecule has 0 bridgehead atoms. The number of thiocyanates is 1. The number of thiazole rings is 1. The smallest absolute Gasteiger partial charge is 0.223 e. The van der Waals surface area contributed by atoms with Crippen LogP contribution in [0.5, 0.6) is 0 Å². The van der Waals surface area contributed by atoms with E-state index in [-0.39, 0.29) is 5.91 Å². The van der Waals surface area contributed by atoms with Gasteiger partial charge in [0, 0.05) is 18.7 Å². The molecule has 0 spiro atoms.